The Labute approximate surface area is 619 Å². The monoisotopic (exact) mass is 1480 g/mol. The fraction of sp³-hybridized carbons (Fsp3) is 0.951. The zero-order valence-corrected chi connectivity index (χ0v) is 67.8. The van der Waals surface area contributed by atoms with Crippen molar-refractivity contribution in [3.05, 3.63) is 0 Å². The lowest BCUT2D eigenvalue weighted by atomic mass is 10.00. The Morgan fingerprint density at radius 2 is 0.475 bits per heavy atom. The largest absolute Gasteiger partial charge is 0.472 e. The van der Waals surface area contributed by atoms with Gasteiger partial charge in [-0.2, -0.15) is 0 Å². The summed E-state index contributed by atoms with van der Waals surface area (Å²) in [6.45, 7) is 7.30. The smallest absolute Gasteiger partial charge is 0.462 e. The Morgan fingerprint density at radius 3 is 0.703 bits per heavy atom. The van der Waals surface area contributed by atoms with E-state index in [1.807, 2.05) is 0 Å². The van der Waals surface area contributed by atoms with Gasteiger partial charge in [-0.3, -0.25) is 37.3 Å². The predicted octanol–water partition coefficient (Wildman–Crippen LogP) is 24.8. The molecule has 0 heterocycles. The maximum absolute atomic E-state index is 13.1. The van der Waals surface area contributed by atoms with Gasteiger partial charge in [0.05, 0.1) is 26.4 Å². The van der Waals surface area contributed by atoms with Crippen molar-refractivity contribution in [2.45, 2.75) is 457 Å². The standard InChI is InChI=1S/C82H160O17P2/c1-6-10-13-16-19-22-25-28-31-33-34-35-37-39-42-45-48-51-58-63-68-81(86)98-77(71-92-79(84)65-60-55-49-46-43-41-38-36-32-29-26-23-20-17-14-11-7-2)73-96-100(88,89)94-69-76(83)70-95-101(90,91)97-74-78(72-93-80(85)66-61-56-53-52-54-59-64-75(5)9-4)99-82(87)67-62-57-50-47-44-40-30-27-24-21-18-15-12-8-3/h75-78,83H,6-74H2,1-5H3,(H,88,89)(H,90,91)/t75?,76-,77-,78-/m1/s1. The normalized spacial score (nSPS) is 14.1. The molecule has 0 aliphatic rings. The molecule has 101 heavy (non-hydrogen) atoms. The second-order valence-electron chi connectivity index (χ2n) is 29.8. The summed E-state index contributed by atoms with van der Waals surface area (Å²) in [5.41, 5.74) is 0. The highest BCUT2D eigenvalue weighted by atomic mass is 31.2. The van der Waals surface area contributed by atoms with Gasteiger partial charge in [-0.1, -0.05) is 388 Å². The minimum absolute atomic E-state index is 0.107. The average Bonchev–Trinajstić information content (AvgIpc) is 0.931. The highest BCUT2D eigenvalue weighted by Gasteiger charge is 2.30. The summed E-state index contributed by atoms with van der Waals surface area (Å²) < 4.78 is 68.8. The SMILES string of the molecule is CCCCCCCCCCCCCCCCCCCCCCC(=O)O[C@H](COC(=O)CCCCCCCCCCCCCCCCCCC)COP(=O)(O)OC[C@@H](O)COP(=O)(O)OC[C@@H](COC(=O)CCCCCCCCC(C)CC)OC(=O)CCCCCCCCCCCCCCCC. The van der Waals surface area contributed by atoms with Crippen LogP contribution in [0.15, 0.2) is 0 Å². The van der Waals surface area contributed by atoms with Crippen LogP contribution in [0, 0.1) is 5.92 Å². The number of carbonyl (C=O) groups excluding carboxylic acids is 4. The molecule has 0 aliphatic heterocycles. The number of aliphatic hydroxyl groups is 1. The summed E-state index contributed by atoms with van der Waals surface area (Å²) in [4.78, 5) is 73.1. The molecular weight excluding hydrogens is 1320 g/mol. The van der Waals surface area contributed by atoms with Gasteiger partial charge in [-0.15, -0.1) is 0 Å². The third-order valence-electron chi connectivity index (χ3n) is 19.6. The fourth-order valence-corrected chi connectivity index (χ4v) is 14.3. The lowest BCUT2D eigenvalue weighted by Gasteiger charge is -2.21. The number of ether oxygens (including phenoxy) is 4. The molecule has 3 N–H and O–H groups in total. The molecule has 0 saturated heterocycles. The summed E-state index contributed by atoms with van der Waals surface area (Å²) >= 11 is 0. The van der Waals surface area contributed by atoms with Gasteiger partial charge in [0.1, 0.15) is 19.3 Å². The van der Waals surface area contributed by atoms with Crippen LogP contribution in [0.1, 0.15) is 439 Å². The maximum Gasteiger partial charge on any atom is 0.472 e. The van der Waals surface area contributed by atoms with E-state index >= 15 is 0 Å². The zero-order valence-electron chi connectivity index (χ0n) is 66.1. The number of carbonyl (C=O) groups is 4. The van der Waals surface area contributed by atoms with Crippen molar-refractivity contribution in [1.82, 2.24) is 0 Å². The topological polar surface area (TPSA) is 237 Å². The van der Waals surface area contributed by atoms with Crippen LogP contribution in [0.3, 0.4) is 0 Å². The molecule has 0 saturated carbocycles. The van der Waals surface area contributed by atoms with Crippen LogP contribution in [0.2, 0.25) is 0 Å². The molecule has 600 valence electrons. The Balaban J connectivity index is 5.23. The quantitative estimate of drug-likeness (QED) is 0.0222. The molecule has 0 aromatic carbocycles. The van der Waals surface area contributed by atoms with Gasteiger partial charge in [0.25, 0.3) is 0 Å². The number of aliphatic hydroxyl groups excluding tert-OH is 1. The van der Waals surface area contributed by atoms with Crippen LogP contribution in [0.4, 0.5) is 0 Å². The van der Waals surface area contributed by atoms with Crippen molar-refractivity contribution in [2.75, 3.05) is 39.6 Å². The molecule has 6 atom stereocenters. The van der Waals surface area contributed by atoms with E-state index in [4.69, 9.17) is 37.0 Å². The Hall–Kier alpha value is -1.94. The van der Waals surface area contributed by atoms with Crippen LogP contribution in [-0.4, -0.2) is 96.7 Å². The first kappa shape index (κ1) is 99.1. The number of unbranched alkanes of at least 4 members (excludes halogenated alkanes) is 53. The highest BCUT2D eigenvalue weighted by molar-refractivity contribution is 7.47. The lowest BCUT2D eigenvalue weighted by Crippen LogP contribution is -2.30. The van der Waals surface area contributed by atoms with Crippen LogP contribution in [-0.2, 0) is 65.4 Å². The van der Waals surface area contributed by atoms with Crippen molar-refractivity contribution < 1.29 is 80.2 Å². The number of phosphoric ester groups is 2. The van der Waals surface area contributed by atoms with Crippen molar-refractivity contribution in [1.29, 1.82) is 0 Å². The average molecular weight is 1480 g/mol. The molecule has 17 nitrogen and oxygen atoms in total. The van der Waals surface area contributed by atoms with E-state index in [1.165, 1.54) is 257 Å². The third kappa shape index (κ3) is 74.7. The Morgan fingerprint density at radius 1 is 0.277 bits per heavy atom. The molecule has 0 aromatic rings. The second-order valence-corrected chi connectivity index (χ2v) is 32.7. The summed E-state index contributed by atoms with van der Waals surface area (Å²) in [7, 11) is -9.92. The molecule has 0 bridgehead atoms. The number of hydrogen-bond donors (Lipinski definition) is 3. The van der Waals surface area contributed by atoms with Crippen LogP contribution >= 0.6 is 15.6 Å². The predicted molar refractivity (Wildman–Crippen MR) is 414 cm³/mol. The summed E-state index contributed by atoms with van der Waals surface area (Å²) in [6.07, 6.45) is 66.7. The molecule has 0 fully saturated rings. The number of rotatable bonds is 82. The maximum atomic E-state index is 13.1. The van der Waals surface area contributed by atoms with Gasteiger partial charge in [0, 0.05) is 25.7 Å². The van der Waals surface area contributed by atoms with Gasteiger partial charge in [0.15, 0.2) is 12.2 Å². The molecule has 0 rings (SSSR count). The van der Waals surface area contributed by atoms with E-state index in [0.29, 0.717) is 25.7 Å². The minimum atomic E-state index is -4.96. The molecule has 0 aromatic heterocycles. The minimum Gasteiger partial charge on any atom is -0.462 e. The fourth-order valence-electron chi connectivity index (χ4n) is 12.7. The lowest BCUT2D eigenvalue weighted by molar-refractivity contribution is -0.161. The highest BCUT2D eigenvalue weighted by Crippen LogP contribution is 2.45. The van der Waals surface area contributed by atoms with Gasteiger partial charge < -0.3 is 33.8 Å². The molecular formula is C82H160O17P2. The van der Waals surface area contributed by atoms with E-state index < -0.39 is 97.5 Å². The first-order valence-electron chi connectivity index (χ1n) is 42.7. The van der Waals surface area contributed by atoms with Crippen LogP contribution in [0.25, 0.3) is 0 Å². The van der Waals surface area contributed by atoms with Gasteiger partial charge in [-0.25, -0.2) is 9.13 Å². The van der Waals surface area contributed by atoms with E-state index in [0.717, 1.165) is 102 Å². The van der Waals surface area contributed by atoms with Gasteiger partial charge in [-0.05, 0) is 31.6 Å². The van der Waals surface area contributed by atoms with Crippen LogP contribution < -0.4 is 0 Å². The van der Waals surface area contributed by atoms with Crippen LogP contribution in [0.5, 0.6) is 0 Å². The summed E-state index contributed by atoms with van der Waals surface area (Å²) in [6, 6.07) is 0. The van der Waals surface area contributed by atoms with E-state index in [9.17, 15) is 43.2 Å². The van der Waals surface area contributed by atoms with E-state index in [1.54, 1.807) is 0 Å². The first-order valence-corrected chi connectivity index (χ1v) is 45.7. The van der Waals surface area contributed by atoms with E-state index in [-0.39, 0.29) is 25.7 Å². The Bertz CT molecular complexity index is 1930. The Kier molecular flexibility index (Phi) is 73.5. The molecule has 0 aliphatic carbocycles. The molecule has 0 radical (unpaired) electrons. The van der Waals surface area contributed by atoms with Crippen molar-refractivity contribution in [3.63, 3.8) is 0 Å². The molecule has 0 amide bonds. The molecule has 19 heteroatoms. The van der Waals surface area contributed by atoms with Crippen molar-refractivity contribution in [2.24, 2.45) is 5.92 Å². The second kappa shape index (κ2) is 74.9. The number of hydrogen-bond acceptors (Lipinski definition) is 15. The number of phosphoric acid groups is 2. The van der Waals surface area contributed by atoms with Crippen molar-refractivity contribution >= 4 is 39.5 Å². The number of esters is 4. The summed E-state index contributed by atoms with van der Waals surface area (Å²) in [5.74, 6) is -1.37. The first-order chi connectivity index (χ1) is 49.1. The summed E-state index contributed by atoms with van der Waals surface area (Å²) in [5, 5.41) is 10.6. The zero-order chi connectivity index (χ0) is 74.1. The van der Waals surface area contributed by atoms with Gasteiger partial charge >= 0.3 is 39.5 Å². The third-order valence-corrected chi connectivity index (χ3v) is 21.5. The van der Waals surface area contributed by atoms with Gasteiger partial charge in [0.2, 0.25) is 0 Å². The molecule has 0 spiro atoms. The van der Waals surface area contributed by atoms with Crippen molar-refractivity contribution in [3.8, 4) is 0 Å². The van der Waals surface area contributed by atoms with E-state index in [2.05, 4.69) is 34.6 Å². The molecule has 3 unspecified atom stereocenters.